The predicted octanol–water partition coefficient (Wildman–Crippen LogP) is 1.16. The third-order valence-electron chi connectivity index (χ3n) is 1.59. The predicted molar refractivity (Wildman–Crippen MR) is 58.6 cm³/mol. The lowest BCUT2D eigenvalue weighted by molar-refractivity contribution is -0.160. The number of aromatic nitrogens is 2. The largest absolute Gasteiger partial charge is 0.440 e. The highest BCUT2D eigenvalue weighted by Gasteiger charge is 2.29. The van der Waals surface area contributed by atoms with Crippen molar-refractivity contribution in [3.63, 3.8) is 0 Å². The fourth-order valence-electron chi connectivity index (χ4n) is 0.886. The summed E-state index contributed by atoms with van der Waals surface area (Å²) in [6, 6.07) is 0. The van der Waals surface area contributed by atoms with Crippen molar-refractivity contribution in [2.75, 3.05) is 18.5 Å². The molecule has 0 unspecified atom stereocenters. The first kappa shape index (κ1) is 15.1. The van der Waals surface area contributed by atoms with Crippen LogP contribution in [0.4, 0.5) is 23.1 Å². The summed E-state index contributed by atoms with van der Waals surface area (Å²) in [7, 11) is 0. The highest BCUT2D eigenvalue weighted by molar-refractivity contribution is 7.13. The maximum atomic E-state index is 11.7. The van der Waals surface area contributed by atoms with E-state index in [4.69, 9.17) is 0 Å². The van der Waals surface area contributed by atoms with Gasteiger partial charge in [-0.2, -0.15) is 13.2 Å². The molecular formula is C8H9F3N4O3S. The molecule has 0 fully saturated rings. The Morgan fingerprint density at radius 2 is 2.16 bits per heavy atom. The first-order chi connectivity index (χ1) is 8.87. The van der Waals surface area contributed by atoms with Crippen LogP contribution in [0.5, 0.6) is 0 Å². The summed E-state index contributed by atoms with van der Waals surface area (Å²) in [5, 5.41) is 11.7. The molecule has 0 bridgehead atoms. The number of ether oxygens (including phenoxy) is 1. The number of alkyl halides is 3. The second kappa shape index (κ2) is 6.87. The number of halogens is 3. The van der Waals surface area contributed by atoms with E-state index in [1.807, 2.05) is 5.32 Å². The fourth-order valence-corrected chi connectivity index (χ4v) is 1.35. The van der Waals surface area contributed by atoms with Crippen molar-refractivity contribution in [1.82, 2.24) is 15.5 Å². The smallest absolute Gasteiger partial charge is 0.422 e. The number of alkyl carbamates (subject to hydrolysis) is 1. The van der Waals surface area contributed by atoms with Crippen LogP contribution in [0.25, 0.3) is 0 Å². The van der Waals surface area contributed by atoms with E-state index in [2.05, 4.69) is 20.3 Å². The first-order valence-electron chi connectivity index (χ1n) is 4.90. The quantitative estimate of drug-likeness (QED) is 0.850. The zero-order valence-corrected chi connectivity index (χ0v) is 10.2. The molecule has 0 saturated carbocycles. The molecule has 0 radical (unpaired) electrons. The monoisotopic (exact) mass is 298 g/mol. The van der Waals surface area contributed by atoms with E-state index in [1.165, 1.54) is 5.51 Å². The van der Waals surface area contributed by atoms with Gasteiger partial charge < -0.3 is 15.4 Å². The molecule has 1 rings (SSSR count). The van der Waals surface area contributed by atoms with Gasteiger partial charge in [0, 0.05) is 13.0 Å². The van der Waals surface area contributed by atoms with Gasteiger partial charge in [-0.25, -0.2) is 4.79 Å². The topological polar surface area (TPSA) is 93.2 Å². The summed E-state index contributed by atoms with van der Waals surface area (Å²) in [6.45, 7) is -1.82. The zero-order chi connectivity index (χ0) is 14.3. The molecular weight excluding hydrogens is 289 g/mol. The number of amides is 2. The Balaban J connectivity index is 2.12. The number of nitrogens with zero attached hydrogens (tertiary/aromatic N) is 2. The second-order valence-electron chi connectivity index (χ2n) is 3.16. The summed E-state index contributed by atoms with van der Waals surface area (Å²) >= 11 is 1.11. The van der Waals surface area contributed by atoms with Gasteiger partial charge in [-0.15, -0.1) is 10.2 Å². The van der Waals surface area contributed by atoms with Crippen molar-refractivity contribution in [3.05, 3.63) is 5.51 Å². The number of nitrogens with one attached hydrogen (secondary N) is 2. The van der Waals surface area contributed by atoms with E-state index >= 15 is 0 Å². The van der Waals surface area contributed by atoms with Crippen molar-refractivity contribution in [3.8, 4) is 0 Å². The number of carbonyl (C=O) groups excluding carboxylic acids is 2. The summed E-state index contributed by atoms with van der Waals surface area (Å²) in [5.74, 6) is -0.451. The van der Waals surface area contributed by atoms with Crippen LogP contribution in [-0.2, 0) is 9.53 Å². The molecule has 1 heterocycles. The van der Waals surface area contributed by atoms with Gasteiger partial charge in [0.15, 0.2) is 6.61 Å². The van der Waals surface area contributed by atoms with Crippen molar-refractivity contribution in [2.45, 2.75) is 12.6 Å². The maximum Gasteiger partial charge on any atom is 0.422 e. The molecule has 0 atom stereocenters. The Labute approximate surface area is 109 Å². The molecule has 0 spiro atoms. The molecule has 0 aliphatic carbocycles. The lowest BCUT2D eigenvalue weighted by Gasteiger charge is -2.08. The molecule has 2 N–H and O–H groups in total. The summed E-state index contributed by atoms with van der Waals surface area (Å²) in [5.41, 5.74) is 1.42. The molecule has 11 heteroatoms. The van der Waals surface area contributed by atoms with Gasteiger partial charge in [0.25, 0.3) is 0 Å². The highest BCUT2D eigenvalue weighted by atomic mass is 32.1. The SMILES string of the molecule is O=C(CCNC(=O)OCC(F)(F)F)Nc1nncs1. The Morgan fingerprint density at radius 1 is 1.42 bits per heavy atom. The van der Waals surface area contributed by atoms with E-state index in [0.29, 0.717) is 5.13 Å². The lowest BCUT2D eigenvalue weighted by Crippen LogP contribution is -2.31. The minimum Gasteiger partial charge on any atom is -0.440 e. The average Bonchev–Trinajstić information content (AvgIpc) is 2.78. The third kappa shape index (κ3) is 7.18. The molecule has 19 heavy (non-hydrogen) atoms. The highest BCUT2D eigenvalue weighted by Crippen LogP contribution is 2.14. The number of anilines is 1. The van der Waals surface area contributed by atoms with E-state index < -0.39 is 24.8 Å². The zero-order valence-electron chi connectivity index (χ0n) is 9.36. The van der Waals surface area contributed by atoms with Crippen LogP contribution in [0.1, 0.15) is 6.42 Å². The van der Waals surface area contributed by atoms with Crippen molar-refractivity contribution in [2.24, 2.45) is 0 Å². The standard InChI is InChI=1S/C8H9F3N4O3S/c9-8(10,11)3-18-7(17)12-2-1-5(16)14-6-15-13-4-19-6/h4H,1-3H2,(H,12,17)(H,14,15,16). The number of carbonyl (C=O) groups is 2. The van der Waals surface area contributed by atoms with Gasteiger partial charge in [0.1, 0.15) is 5.51 Å². The summed E-state index contributed by atoms with van der Waals surface area (Å²) < 4.78 is 39.0. The molecule has 2 amide bonds. The van der Waals surface area contributed by atoms with E-state index in [1.54, 1.807) is 0 Å². The Hall–Kier alpha value is -1.91. The molecule has 106 valence electrons. The van der Waals surface area contributed by atoms with Crippen LogP contribution in [0.2, 0.25) is 0 Å². The molecule has 0 aliphatic heterocycles. The molecule has 1 aromatic heterocycles. The minimum absolute atomic E-state index is 0.124. The summed E-state index contributed by atoms with van der Waals surface area (Å²) in [6.07, 6.45) is -5.94. The van der Waals surface area contributed by atoms with Crippen LogP contribution in [0.15, 0.2) is 5.51 Å². The van der Waals surface area contributed by atoms with Crippen LogP contribution in [0, 0.1) is 0 Å². The van der Waals surface area contributed by atoms with Crippen LogP contribution in [0.3, 0.4) is 0 Å². The third-order valence-corrected chi connectivity index (χ3v) is 2.20. The average molecular weight is 298 g/mol. The summed E-state index contributed by atoms with van der Waals surface area (Å²) in [4.78, 5) is 22.1. The van der Waals surface area contributed by atoms with Crippen LogP contribution in [-0.4, -0.2) is 41.5 Å². The Bertz CT molecular complexity index is 423. The maximum absolute atomic E-state index is 11.7. The van der Waals surface area contributed by atoms with E-state index in [0.717, 1.165) is 11.3 Å². The number of rotatable bonds is 5. The minimum atomic E-state index is -4.58. The van der Waals surface area contributed by atoms with Gasteiger partial charge in [0.05, 0.1) is 0 Å². The Morgan fingerprint density at radius 3 is 2.74 bits per heavy atom. The van der Waals surface area contributed by atoms with Crippen molar-refractivity contribution >= 4 is 28.5 Å². The van der Waals surface area contributed by atoms with E-state index in [-0.39, 0.29) is 13.0 Å². The molecule has 0 aliphatic rings. The molecule has 0 saturated heterocycles. The number of hydrogen-bond donors (Lipinski definition) is 2. The van der Waals surface area contributed by atoms with E-state index in [9.17, 15) is 22.8 Å². The van der Waals surface area contributed by atoms with Gasteiger partial charge in [-0.3, -0.25) is 4.79 Å². The van der Waals surface area contributed by atoms with Gasteiger partial charge >= 0.3 is 12.3 Å². The van der Waals surface area contributed by atoms with Crippen LogP contribution < -0.4 is 10.6 Å². The number of hydrogen-bond acceptors (Lipinski definition) is 6. The Kier molecular flexibility index (Phi) is 5.48. The van der Waals surface area contributed by atoms with Crippen molar-refractivity contribution in [1.29, 1.82) is 0 Å². The molecule has 7 nitrogen and oxygen atoms in total. The second-order valence-corrected chi connectivity index (χ2v) is 3.99. The normalized spacial score (nSPS) is 10.9. The molecule has 1 aromatic rings. The van der Waals surface area contributed by atoms with Gasteiger partial charge in [0.2, 0.25) is 11.0 Å². The molecule has 0 aromatic carbocycles. The first-order valence-corrected chi connectivity index (χ1v) is 5.78. The fraction of sp³-hybridized carbons (Fsp3) is 0.500. The van der Waals surface area contributed by atoms with Gasteiger partial charge in [-0.1, -0.05) is 11.3 Å². The lowest BCUT2D eigenvalue weighted by atomic mass is 10.4. The van der Waals surface area contributed by atoms with Crippen LogP contribution >= 0.6 is 11.3 Å². The van der Waals surface area contributed by atoms with Gasteiger partial charge in [-0.05, 0) is 0 Å². The van der Waals surface area contributed by atoms with Crippen molar-refractivity contribution < 1.29 is 27.5 Å².